The second-order valence-corrected chi connectivity index (χ2v) is 9.55. The van der Waals surface area contributed by atoms with Gasteiger partial charge in [-0.3, -0.25) is 9.10 Å². The van der Waals surface area contributed by atoms with E-state index in [1.54, 1.807) is 24.3 Å². The van der Waals surface area contributed by atoms with Crippen molar-refractivity contribution in [3.63, 3.8) is 0 Å². The van der Waals surface area contributed by atoms with Crippen LogP contribution in [-0.4, -0.2) is 20.6 Å². The molecule has 0 aromatic heterocycles. The third kappa shape index (κ3) is 5.95. The minimum Gasteiger partial charge on any atom is -0.345 e. The lowest BCUT2D eigenvalue weighted by Crippen LogP contribution is -2.30. The fourth-order valence-electron chi connectivity index (χ4n) is 3.39. The second-order valence-electron chi connectivity index (χ2n) is 7.65. The highest BCUT2D eigenvalue weighted by Crippen LogP contribution is 2.22. The molecule has 0 saturated carbocycles. The summed E-state index contributed by atoms with van der Waals surface area (Å²) in [5, 5.41) is 3.05. The van der Waals surface area contributed by atoms with Crippen LogP contribution in [-0.2, 0) is 16.6 Å². The number of hydrogen-bond donors (Lipinski definition) is 1. The zero-order valence-electron chi connectivity index (χ0n) is 18.1. The zero-order chi connectivity index (χ0) is 22.4. The van der Waals surface area contributed by atoms with Crippen LogP contribution in [0.15, 0.2) is 78.9 Å². The van der Waals surface area contributed by atoms with Crippen LogP contribution < -0.4 is 9.62 Å². The first-order chi connectivity index (χ1) is 14.8. The van der Waals surface area contributed by atoms with Crippen molar-refractivity contribution in [1.82, 2.24) is 5.32 Å². The first-order valence-electron chi connectivity index (χ1n) is 10.3. The summed E-state index contributed by atoms with van der Waals surface area (Å²) >= 11 is 0. The minimum atomic E-state index is -3.49. The van der Waals surface area contributed by atoms with Crippen LogP contribution >= 0.6 is 0 Å². The number of benzene rings is 3. The third-order valence-electron chi connectivity index (χ3n) is 5.18. The predicted molar refractivity (Wildman–Crippen MR) is 126 cm³/mol. The Labute approximate surface area is 184 Å². The number of hydrogen-bond acceptors (Lipinski definition) is 3. The van der Waals surface area contributed by atoms with Crippen molar-refractivity contribution in [2.45, 2.75) is 32.9 Å². The first-order valence-corrected chi connectivity index (χ1v) is 12.1. The van der Waals surface area contributed by atoms with Crippen LogP contribution in [0.3, 0.4) is 0 Å². The molecular formula is C25H28N2O3S. The topological polar surface area (TPSA) is 66.5 Å². The highest BCUT2D eigenvalue weighted by Gasteiger charge is 2.19. The van der Waals surface area contributed by atoms with Gasteiger partial charge in [0.2, 0.25) is 10.0 Å². The van der Waals surface area contributed by atoms with Gasteiger partial charge in [-0.25, -0.2) is 8.42 Å². The normalized spacial score (nSPS) is 12.2. The number of nitrogens with one attached hydrogen (secondary N) is 1. The Kier molecular flexibility index (Phi) is 7.13. The van der Waals surface area contributed by atoms with Crippen LogP contribution in [0.5, 0.6) is 0 Å². The molecule has 31 heavy (non-hydrogen) atoms. The van der Waals surface area contributed by atoms with Gasteiger partial charge in [0, 0.05) is 5.56 Å². The van der Waals surface area contributed by atoms with Gasteiger partial charge in [0.05, 0.1) is 24.5 Å². The van der Waals surface area contributed by atoms with Gasteiger partial charge in [-0.1, -0.05) is 67.1 Å². The average Bonchev–Trinajstić information content (AvgIpc) is 2.77. The lowest BCUT2D eigenvalue weighted by atomic mass is 10.0. The summed E-state index contributed by atoms with van der Waals surface area (Å²) in [6.07, 6.45) is 1.96. The lowest BCUT2D eigenvalue weighted by molar-refractivity contribution is 0.0935. The standard InChI is InChI=1S/C25H28N2O3S/c1-4-24(21-8-6-5-7-9-21)26-25(28)22-14-16-23(17-15-22)27(31(3,29)30)18-20-12-10-19(2)11-13-20/h5-17,24H,4,18H2,1-3H3,(H,26,28)/t24-/m0/s1. The molecule has 0 saturated heterocycles. The Morgan fingerprint density at radius 1 is 0.935 bits per heavy atom. The van der Waals surface area contributed by atoms with E-state index < -0.39 is 10.0 Å². The molecule has 6 heteroatoms. The predicted octanol–water partition coefficient (Wildman–Crippen LogP) is 4.84. The zero-order valence-corrected chi connectivity index (χ0v) is 18.9. The first kappa shape index (κ1) is 22.6. The molecule has 1 amide bonds. The van der Waals surface area contributed by atoms with E-state index in [1.807, 2.05) is 68.4 Å². The Hall–Kier alpha value is -3.12. The number of rotatable bonds is 8. The van der Waals surface area contributed by atoms with E-state index in [0.717, 1.165) is 23.1 Å². The summed E-state index contributed by atoms with van der Waals surface area (Å²) in [6, 6.07) is 24.2. The van der Waals surface area contributed by atoms with Gasteiger partial charge in [0.1, 0.15) is 0 Å². The molecule has 0 radical (unpaired) electrons. The van der Waals surface area contributed by atoms with Crippen molar-refractivity contribution in [3.05, 3.63) is 101 Å². The largest absolute Gasteiger partial charge is 0.345 e. The molecule has 162 valence electrons. The van der Waals surface area contributed by atoms with E-state index in [1.165, 1.54) is 10.6 Å². The van der Waals surface area contributed by atoms with Crippen molar-refractivity contribution < 1.29 is 13.2 Å². The van der Waals surface area contributed by atoms with Gasteiger partial charge < -0.3 is 5.32 Å². The van der Waals surface area contributed by atoms with Crippen molar-refractivity contribution in [3.8, 4) is 0 Å². The molecule has 0 fully saturated rings. The highest BCUT2D eigenvalue weighted by molar-refractivity contribution is 7.92. The Morgan fingerprint density at radius 2 is 1.55 bits per heavy atom. The summed E-state index contributed by atoms with van der Waals surface area (Å²) in [5.74, 6) is -0.188. The maximum absolute atomic E-state index is 12.7. The molecular weight excluding hydrogens is 408 g/mol. The van der Waals surface area contributed by atoms with Crippen LogP contribution in [0.2, 0.25) is 0 Å². The van der Waals surface area contributed by atoms with Gasteiger partial charge in [0.15, 0.2) is 0 Å². The van der Waals surface area contributed by atoms with Crippen molar-refractivity contribution in [1.29, 1.82) is 0 Å². The quantitative estimate of drug-likeness (QED) is 0.549. The van der Waals surface area contributed by atoms with Gasteiger partial charge >= 0.3 is 0 Å². The summed E-state index contributed by atoms with van der Waals surface area (Å²) < 4.78 is 26.2. The maximum atomic E-state index is 12.7. The number of carbonyl (C=O) groups is 1. The summed E-state index contributed by atoms with van der Waals surface area (Å²) in [5.41, 5.74) is 4.07. The molecule has 3 aromatic rings. The second kappa shape index (κ2) is 9.79. The van der Waals surface area contributed by atoms with Crippen LogP contribution in [0.4, 0.5) is 5.69 Å². The number of nitrogens with zero attached hydrogens (tertiary/aromatic N) is 1. The van der Waals surface area contributed by atoms with E-state index in [9.17, 15) is 13.2 Å². The molecule has 0 aliphatic carbocycles. The Bertz CT molecular complexity index is 1110. The van der Waals surface area contributed by atoms with Crippen LogP contribution in [0, 0.1) is 6.92 Å². The van der Waals surface area contributed by atoms with Crippen LogP contribution in [0.25, 0.3) is 0 Å². The molecule has 1 N–H and O–H groups in total. The van der Waals surface area contributed by atoms with Crippen molar-refractivity contribution >= 4 is 21.6 Å². The van der Waals surface area contributed by atoms with E-state index in [2.05, 4.69) is 5.32 Å². The van der Waals surface area contributed by atoms with E-state index >= 15 is 0 Å². The number of aryl methyl sites for hydroxylation is 1. The fraction of sp³-hybridized carbons (Fsp3) is 0.240. The number of sulfonamides is 1. The monoisotopic (exact) mass is 436 g/mol. The SMILES string of the molecule is CC[C@H](NC(=O)c1ccc(N(Cc2ccc(C)cc2)S(C)(=O)=O)cc1)c1ccccc1. The number of amides is 1. The van der Waals surface area contributed by atoms with Gasteiger partial charge in [-0.2, -0.15) is 0 Å². The Balaban J connectivity index is 1.77. The Morgan fingerprint density at radius 3 is 2.10 bits per heavy atom. The molecule has 0 aliphatic rings. The highest BCUT2D eigenvalue weighted by atomic mass is 32.2. The fourth-order valence-corrected chi connectivity index (χ4v) is 4.27. The molecule has 0 aliphatic heterocycles. The van der Waals surface area contributed by atoms with E-state index in [-0.39, 0.29) is 18.5 Å². The summed E-state index contributed by atoms with van der Waals surface area (Å²) in [4.78, 5) is 12.7. The maximum Gasteiger partial charge on any atom is 0.251 e. The molecule has 1 atom stereocenters. The molecule has 0 bridgehead atoms. The third-order valence-corrected chi connectivity index (χ3v) is 6.32. The molecule has 3 rings (SSSR count). The van der Waals surface area contributed by atoms with Crippen molar-refractivity contribution in [2.75, 3.05) is 10.6 Å². The van der Waals surface area contributed by atoms with Crippen molar-refractivity contribution in [2.24, 2.45) is 0 Å². The lowest BCUT2D eigenvalue weighted by Gasteiger charge is -2.23. The smallest absolute Gasteiger partial charge is 0.251 e. The van der Waals surface area contributed by atoms with E-state index in [0.29, 0.717) is 11.3 Å². The van der Waals surface area contributed by atoms with E-state index in [4.69, 9.17) is 0 Å². The molecule has 3 aromatic carbocycles. The average molecular weight is 437 g/mol. The van der Waals surface area contributed by atoms with Crippen LogP contribution in [0.1, 0.15) is 46.4 Å². The van der Waals surface area contributed by atoms with Gasteiger partial charge in [-0.15, -0.1) is 0 Å². The summed E-state index contributed by atoms with van der Waals surface area (Å²) in [7, 11) is -3.49. The minimum absolute atomic E-state index is 0.0811. The number of anilines is 1. The molecule has 0 spiro atoms. The van der Waals surface area contributed by atoms with Gasteiger partial charge in [0.25, 0.3) is 5.91 Å². The molecule has 0 heterocycles. The molecule has 5 nitrogen and oxygen atoms in total. The molecule has 0 unspecified atom stereocenters. The summed E-state index contributed by atoms with van der Waals surface area (Å²) in [6.45, 7) is 4.25. The number of carbonyl (C=O) groups excluding carboxylic acids is 1. The van der Waals surface area contributed by atoms with Gasteiger partial charge in [-0.05, 0) is 48.7 Å².